The molecule has 1 rings (SSSR count). The molecule has 3 N–H and O–H groups in total. The molecule has 0 aliphatic carbocycles. The highest BCUT2D eigenvalue weighted by Gasteiger charge is 2.46. The van der Waals surface area contributed by atoms with E-state index in [0.29, 0.717) is 6.42 Å². The van der Waals surface area contributed by atoms with Gasteiger partial charge in [-0.3, -0.25) is 9.46 Å². The van der Waals surface area contributed by atoms with Gasteiger partial charge < -0.3 is 19.6 Å². The van der Waals surface area contributed by atoms with Crippen LogP contribution in [-0.2, 0) is 9.30 Å². The van der Waals surface area contributed by atoms with Crippen molar-refractivity contribution in [2.45, 2.75) is 57.5 Å². The lowest BCUT2D eigenvalue weighted by molar-refractivity contribution is -0.177. The molecule has 18 heavy (non-hydrogen) atoms. The van der Waals surface area contributed by atoms with Crippen LogP contribution < -0.4 is 0 Å². The number of likely N-dealkylation sites (N-methyl/N-ethyl adjacent to an activating group) is 1. The molecule has 108 valence electrons. The summed E-state index contributed by atoms with van der Waals surface area (Å²) in [6.45, 7) is 5.53. The molecule has 6 nitrogen and oxygen atoms in total. The van der Waals surface area contributed by atoms with Crippen molar-refractivity contribution in [2.75, 3.05) is 13.3 Å². The summed E-state index contributed by atoms with van der Waals surface area (Å²) >= 11 is 0. The van der Waals surface area contributed by atoms with Gasteiger partial charge in [0.05, 0.1) is 23.9 Å². The number of hydrogen-bond acceptors (Lipinski definition) is 4. The van der Waals surface area contributed by atoms with Gasteiger partial charge in [-0.15, -0.1) is 0 Å². The van der Waals surface area contributed by atoms with Crippen molar-refractivity contribution >= 4 is 7.60 Å². The van der Waals surface area contributed by atoms with Crippen LogP contribution in [0, 0.1) is 0 Å². The second kappa shape index (κ2) is 5.57. The van der Waals surface area contributed by atoms with Gasteiger partial charge in [0.1, 0.15) is 6.29 Å². The number of aliphatic hydroxyl groups is 1. The molecular formula is C11H24NO5P. The second-order valence-electron chi connectivity index (χ2n) is 5.44. The van der Waals surface area contributed by atoms with Crippen LogP contribution in [0.1, 0.15) is 33.6 Å². The van der Waals surface area contributed by atoms with E-state index < -0.39 is 19.2 Å². The molecule has 0 aromatic heterocycles. The van der Waals surface area contributed by atoms with Gasteiger partial charge >= 0.3 is 7.60 Å². The summed E-state index contributed by atoms with van der Waals surface area (Å²) in [7, 11) is -2.53. The van der Waals surface area contributed by atoms with Crippen LogP contribution >= 0.6 is 7.60 Å². The fourth-order valence-corrected chi connectivity index (χ4v) is 3.72. The Labute approximate surface area is 108 Å². The van der Waals surface area contributed by atoms with Gasteiger partial charge in [0.15, 0.2) is 0 Å². The lowest BCUT2D eigenvalue weighted by Crippen LogP contribution is -2.61. The fourth-order valence-electron chi connectivity index (χ4n) is 2.97. The minimum absolute atomic E-state index is 0.00490. The first-order chi connectivity index (χ1) is 8.07. The van der Waals surface area contributed by atoms with Crippen molar-refractivity contribution in [2.24, 2.45) is 0 Å². The van der Waals surface area contributed by atoms with Gasteiger partial charge in [0.25, 0.3) is 0 Å². The Kier molecular flexibility index (Phi) is 4.98. The quantitative estimate of drug-likeness (QED) is 0.659. The first-order valence-electron chi connectivity index (χ1n) is 6.19. The zero-order valence-corrected chi connectivity index (χ0v) is 12.3. The first kappa shape index (κ1) is 16.1. The van der Waals surface area contributed by atoms with Gasteiger partial charge in [-0.25, -0.2) is 0 Å². The minimum atomic E-state index is -4.13. The van der Waals surface area contributed by atoms with Gasteiger partial charge in [-0.1, -0.05) is 6.92 Å². The zero-order chi connectivity index (χ0) is 14.1. The first-order valence-corrected chi connectivity index (χ1v) is 7.99. The van der Waals surface area contributed by atoms with Gasteiger partial charge in [-0.05, 0) is 27.3 Å². The predicted octanol–water partition coefficient (Wildman–Crippen LogP) is 0.760. The molecule has 1 aliphatic heterocycles. The predicted molar refractivity (Wildman–Crippen MR) is 68.3 cm³/mol. The Bertz CT molecular complexity index is 329. The third-order valence-corrected chi connectivity index (χ3v) is 4.28. The van der Waals surface area contributed by atoms with E-state index in [1.54, 1.807) is 14.0 Å². The van der Waals surface area contributed by atoms with Crippen LogP contribution in [0.15, 0.2) is 0 Å². The van der Waals surface area contributed by atoms with E-state index in [4.69, 9.17) is 14.5 Å². The number of rotatable bonds is 4. The van der Waals surface area contributed by atoms with Crippen molar-refractivity contribution < 1.29 is 24.2 Å². The normalized spacial score (nSPS) is 38.1. The number of hydrogen-bond donors (Lipinski definition) is 3. The molecule has 7 heteroatoms. The monoisotopic (exact) mass is 281 g/mol. The molecule has 0 saturated carbocycles. The Morgan fingerprint density at radius 1 is 1.50 bits per heavy atom. The van der Waals surface area contributed by atoms with E-state index in [9.17, 15) is 9.67 Å². The van der Waals surface area contributed by atoms with Crippen molar-refractivity contribution in [1.29, 1.82) is 0 Å². The summed E-state index contributed by atoms with van der Waals surface area (Å²) in [4.78, 5) is 19.5. The summed E-state index contributed by atoms with van der Waals surface area (Å²) < 4.78 is 16.8. The fraction of sp³-hybridized carbons (Fsp3) is 1.00. The van der Waals surface area contributed by atoms with Crippen molar-refractivity contribution in [1.82, 2.24) is 4.90 Å². The maximum Gasteiger partial charge on any atom is 0.339 e. The van der Waals surface area contributed by atoms with E-state index in [-0.39, 0.29) is 18.5 Å². The summed E-state index contributed by atoms with van der Waals surface area (Å²) in [5, 5.41) is 10.5. The Balaban J connectivity index is 2.83. The highest BCUT2D eigenvalue weighted by Crippen LogP contribution is 2.39. The van der Waals surface area contributed by atoms with Crippen molar-refractivity contribution in [3.05, 3.63) is 0 Å². The van der Waals surface area contributed by atoms with Gasteiger partial charge in [0.2, 0.25) is 0 Å². The molecule has 1 heterocycles. The number of nitrogens with zero attached hydrogens (tertiary/aromatic N) is 1. The third-order valence-electron chi connectivity index (χ3n) is 3.47. The van der Waals surface area contributed by atoms with Crippen LogP contribution in [-0.4, -0.2) is 57.0 Å². The van der Waals surface area contributed by atoms with Crippen LogP contribution in [0.5, 0.6) is 0 Å². The molecule has 4 unspecified atom stereocenters. The molecule has 4 atom stereocenters. The maximum atomic E-state index is 11.1. The lowest BCUT2D eigenvalue weighted by atomic mass is 9.83. The average molecular weight is 281 g/mol. The maximum absolute atomic E-state index is 11.1. The van der Waals surface area contributed by atoms with E-state index in [1.165, 1.54) is 4.90 Å². The summed E-state index contributed by atoms with van der Waals surface area (Å²) in [6, 6.07) is -0.423. The van der Waals surface area contributed by atoms with Gasteiger partial charge in [0, 0.05) is 6.42 Å². The van der Waals surface area contributed by atoms with Crippen molar-refractivity contribution in [3.63, 3.8) is 0 Å². The lowest BCUT2D eigenvalue weighted by Gasteiger charge is -2.48. The Morgan fingerprint density at radius 3 is 2.44 bits per heavy atom. The van der Waals surface area contributed by atoms with E-state index in [0.717, 1.165) is 6.42 Å². The smallest absolute Gasteiger partial charge is 0.339 e. The van der Waals surface area contributed by atoms with Crippen LogP contribution in [0.3, 0.4) is 0 Å². The molecule has 0 radical (unpaired) electrons. The van der Waals surface area contributed by atoms with Gasteiger partial charge in [-0.2, -0.15) is 0 Å². The summed E-state index contributed by atoms with van der Waals surface area (Å²) in [6.07, 6.45) is 0.641. The molecule has 0 amide bonds. The standard InChI is InChI=1S/C11H24NO5P/c1-5-9-6-11(3,13)10(8(2)17-9)12(4)7-18(14,15)16/h8-10,13H,5-7H2,1-4H3,(H2,14,15,16). The van der Waals surface area contributed by atoms with E-state index >= 15 is 0 Å². The average Bonchev–Trinajstić information content (AvgIpc) is 2.11. The highest BCUT2D eigenvalue weighted by atomic mass is 31.2. The highest BCUT2D eigenvalue weighted by molar-refractivity contribution is 7.51. The number of ether oxygens (including phenoxy) is 1. The molecule has 0 aromatic carbocycles. The minimum Gasteiger partial charge on any atom is -0.388 e. The van der Waals surface area contributed by atoms with Crippen LogP contribution in [0.4, 0.5) is 0 Å². The van der Waals surface area contributed by atoms with Crippen LogP contribution in [0.25, 0.3) is 0 Å². The molecule has 0 spiro atoms. The summed E-state index contributed by atoms with van der Waals surface area (Å²) in [5.74, 6) is 0. The van der Waals surface area contributed by atoms with Crippen molar-refractivity contribution in [3.8, 4) is 0 Å². The molecule has 1 fully saturated rings. The molecular weight excluding hydrogens is 257 g/mol. The largest absolute Gasteiger partial charge is 0.388 e. The van der Waals surface area contributed by atoms with E-state index in [1.807, 2.05) is 13.8 Å². The molecule has 1 saturated heterocycles. The molecule has 0 bridgehead atoms. The third kappa shape index (κ3) is 4.02. The topological polar surface area (TPSA) is 90.2 Å². The Hall–Kier alpha value is 0.0300. The SMILES string of the molecule is CCC1CC(C)(O)C(N(C)CP(=O)(O)O)C(C)O1. The Morgan fingerprint density at radius 2 is 2.06 bits per heavy atom. The van der Waals surface area contributed by atoms with E-state index in [2.05, 4.69) is 0 Å². The molecule has 1 aliphatic rings. The molecule has 0 aromatic rings. The summed E-state index contributed by atoms with van der Waals surface area (Å²) in [5.41, 5.74) is -1.01. The second-order valence-corrected chi connectivity index (χ2v) is 7.05. The zero-order valence-electron chi connectivity index (χ0n) is 11.4. The van der Waals surface area contributed by atoms with Crippen LogP contribution in [0.2, 0.25) is 0 Å².